The molecule has 0 amide bonds. The molecule has 0 aliphatic carbocycles. The molecule has 0 spiro atoms. The fourth-order valence-electron chi connectivity index (χ4n) is 2.11. The predicted octanol–water partition coefficient (Wildman–Crippen LogP) is 2.88. The van der Waals surface area contributed by atoms with Crippen LogP contribution in [-0.4, -0.2) is 37.7 Å². The number of benzene rings is 1. The Morgan fingerprint density at radius 1 is 1.24 bits per heavy atom. The SMILES string of the molecule is CN=C(NCc1ccc(Cl)nc1)NCC(C)Oc1cccc(OC)c1. The van der Waals surface area contributed by atoms with Crippen molar-refractivity contribution in [3.8, 4) is 11.5 Å². The molecule has 1 aromatic carbocycles. The second-order valence-corrected chi connectivity index (χ2v) is 5.79. The molecule has 7 heteroatoms. The summed E-state index contributed by atoms with van der Waals surface area (Å²) in [6.45, 7) is 3.20. The van der Waals surface area contributed by atoms with Crippen LogP contribution in [0.1, 0.15) is 12.5 Å². The number of aliphatic imine (C=N–C) groups is 1. The zero-order valence-electron chi connectivity index (χ0n) is 14.6. The van der Waals surface area contributed by atoms with Crippen LogP contribution in [0.3, 0.4) is 0 Å². The molecule has 0 fully saturated rings. The molecule has 134 valence electrons. The molecule has 0 saturated heterocycles. The summed E-state index contributed by atoms with van der Waals surface area (Å²) >= 11 is 5.78. The number of halogens is 1. The van der Waals surface area contributed by atoms with Gasteiger partial charge in [-0.05, 0) is 30.7 Å². The predicted molar refractivity (Wildman–Crippen MR) is 101 cm³/mol. The summed E-state index contributed by atoms with van der Waals surface area (Å²) in [5.41, 5.74) is 1.02. The number of hydrogen-bond donors (Lipinski definition) is 2. The van der Waals surface area contributed by atoms with Crippen molar-refractivity contribution in [3.05, 3.63) is 53.3 Å². The van der Waals surface area contributed by atoms with Crippen LogP contribution in [0.2, 0.25) is 5.15 Å². The number of nitrogens with zero attached hydrogens (tertiary/aromatic N) is 2. The molecule has 1 heterocycles. The van der Waals surface area contributed by atoms with E-state index < -0.39 is 0 Å². The highest BCUT2D eigenvalue weighted by atomic mass is 35.5. The van der Waals surface area contributed by atoms with Gasteiger partial charge in [-0.2, -0.15) is 0 Å². The third-order valence-electron chi connectivity index (χ3n) is 3.41. The highest BCUT2D eigenvalue weighted by molar-refractivity contribution is 6.29. The first-order chi connectivity index (χ1) is 12.1. The Morgan fingerprint density at radius 3 is 2.72 bits per heavy atom. The Kier molecular flexibility index (Phi) is 7.35. The fraction of sp³-hybridized carbons (Fsp3) is 0.333. The Bertz CT molecular complexity index is 692. The molecule has 25 heavy (non-hydrogen) atoms. The second-order valence-electron chi connectivity index (χ2n) is 5.40. The highest BCUT2D eigenvalue weighted by Crippen LogP contribution is 2.19. The lowest BCUT2D eigenvalue weighted by Gasteiger charge is -2.18. The van der Waals surface area contributed by atoms with Gasteiger partial charge in [0.1, 0.15) is 22.8 Å². The lowest BCUT2D eigenvalue weighted by molar-refractivity contribution is 0.223. The van der Waals surface area contributed by atoms with Gasteiger partial charge in [-0.3, -0.25) is 4.99 Å². The lowest BCUT2D eigenvalue weighted by atomic mass is 10.3. The van der Waals surface area contributed by atoms with Gasteiger partial charge in [-0.15, -0.1) is 0 Å². The minimum atomic E-state index is -0.0390. The number of methoxy groups -OCH3 is 1. The molecule has 2 rings (SSSR count). The number of ether oxygens (including phenoxy) is 2. The molecule has 0 aliphatic rings. The van der Waals surface area contributed by atoms with Crippen molar-refractivity contribution in [1.29, 1.82) is 0 Å². The topological polar surface area (TPSA) is 67.8 Å². The maximum Gasteiger partial charge on any atom is 0.191 e. The van der Waals surface area contributed by atoms with Gasteiger partial charge >= 0.3 is 0 Å². The van der Waals surface area contributed by atoms with Gasteiger partial charge in [0.05, 0.1) is 13.7 Å². The van der Waals surface area contributed by atoms with Gasteiger partial charge in [0.25, 0.3) is 0 Å². The maximum absolute atomic E-state index is 5.88. The number of guanidine groups is 1. The molecule has 0 bridgehead atoms. The number of pyridine rings is 1. The molecule has 0 aliphatic heterocycles. The summed E-state index contributed by atoms with van der Waals surface area (Å²) in [6.07, 6.45) is 1.69. The third-order valence-corrected chi connectivity index (χ3v) is 3.63. The van der Waals surface area contributed by atoms with Gasteiger partial charge in [0, 0.05) is 25.9 Å². The van der Waals surface area contributed by atoms with E-state index in [9.17, 15) is 0 Å². The van der Waals surface area contributed by atoms with Gasteiger partial charge in [0.15, 0.2) is 5.96 Å². The Morgan fingerprint density at radius 2 is 2.04 bits per heavy atom. The minimum Gasteiger partial charge on any atom is -0.497 e. The molecule has 2 aromatic rings. The third kappa shape index (κ3) is 6.51. The second kappa shape index (κ2) is 9.74. The molecular weight excluding hydrogens is 340 g/mol. The number of rotatable bonds is 7. The van der Waals surface area contributed by atoms with Crippen LogP contribution in [0, 0.1) is 0 Å². The van der Waals surface area contributed by atoms with E-state index >= 15 is 0 Å². The van der Waals surface area contributed by atoms with E-state index in [1.54, 1.807) is 26.4 Å². The first kappa shape index (κ1) is 18.9. The largest absolute Gasteiger partial charge is 0.497 e. The molecule has 6 nitrogen and oxygen atoms in total. The smallest absolute Gasteiger partial charge is 0.191 e. The van der Waals surface area contributed by atoms with Crippen molar-refractivity contribution in [2.75, 3.05) is 20.7 Å². The molecule has 0 saturated carbocycles. The summed E-state index contributed by atoms with van der Waals surface area (Å²) in [4.78, 5) is 8.25. The van der Waals surface area contributed by atoms with E-state index in [2.05, 4.69) is 20.6 Å². The quantitative estimate of drug-likeness (QED) is 0.450. The van der Waals surface area contributed by atoms with Gasteiger partial charge < -0.3 is 20.1 Å². The number of nitrogens with one attached hydrogen (secondary N) is 2. The van der Waals surface area contributed by atoms with Gasteiger partial charge in [-0.25, -0.2) is 4.98 Å². The summed E-state index contributed by atoms with van der Waals surface area (Å²) < 4.78 is 11.1. The number of hydrogen-bond acceptors (Lipinski definition) is 4. The van der Waals surface area contributed by atoms with Crippen molar-refractivity contribution < 1.29 is 9.47 Å². The van der Waals surface area contributed by atoms with E-state index in [0.29, 0.717) is 24.2 Å². The van der Waals surface area contributed by atoms with Gasteiger partial charge in [0.2, 0.25) is 0 Å². The monoisotopic (exact) mass is 362 g/mol. The van der Waals surface area contributed by atoms with E-state index in [4.69, 9.17) is 21.1 Å². The van der Waals surface area contributed by atoms with Crippen LogP contribution in [0.5, 0.6) is 11.5 Å². The summed E-state index contributed by atoms with van der Waals surface area (Å²) in [5, 5.41) is 6.94. The molecule has 1 aromatic heterocycles. The van der Waals surface area contributed by atoms with Crippen molar-refractivity contribution in [1.82, 2.24) is 15.6 Å². The zero-order chi connectivity index (χ0) is 18.1. The van der Waals surface area contributed by atoms with E-state index in [-0.39, 0.29) is 6.10 Å². The average molecular weight is 363 g/mol. The molecular formula is C18H23ClN4O2. The van der Waals surface area contributed by atoms with Crippen LogP contribution in [0.25, 0.3) is 0 Å². The van der Waals surface area contributed by atoms with Crippen molar-refractivity contribution in [2.24, 2.45) is 4.99 Å². The van der Waals surface area contributed by atoms with Gasteiger partial charge in [-0.1, -0.05) is 23.7 Å². The Balaban J connectivity index is 1.78. The maximum atomic E-state index is 5.88. The van der Waals surface area contributed by atoms with Crippen LogP contribution in [0.15, 0.2) is 47.6 Å². The van der Waals surface area contributed by atoms with Crippen LogP contribution in [-0.2, 0) is 6.54 Å². The Hall–Kier alpha value is -2.47. The standard InChI is InChI=1S/C18H23ClN4O2/c1-13(25-16-6-4-5-15(9-16)24-3)10-22-18(20-2)23-12-14-7-8-17(19)21-11-14/h4-9,11,13H,10,12H2,1-3H3,(H2,20,22,23). The van der Waals surface area contributed by atoms with Crippen molar-refractivity contribution in [3.63, 3.8) is 0 Å². The highest BCUT2D eigenvalue weighted by Gasteiger charge is 2.07. The average Bonchev–Trinajstić information content (AvgIpc) is 2.63. The molecule has 0 radical (unpaired) electrons. The lowest BCUT2D eigenvalue weighted by Crippen LogP contribution is -2.41. The molecule has 1 unspecified atom stereocenters. The fourth-order valence-corrected chi connectivity index (χ4v) is 2.22. The van der Waals surface area contributed by atoms with E-state index in [1.165, 1.54) is 0 Å². The Labute approximate surface area is 153 Å². The van der Waals surface area contributed by atoms with Crippen LogP contribution < -0.4 is 20.1 Å². The summed E-state index contributed by atoms with van der Waals surface area (Å²) in [7, 11) is 3.36. The minimum absolute atomic E-state index is 0.0390. The van der Waals surface area contributed by atoms with E-state index in [0.717, 1.165) is 17.1 Å². The summed E-state index contributed by atoms with van der Waals surface area (Å²) in [5.74, 6) is 2.23. The van der Waals surface area contributed by atoms with Crippen LogP contribution in [0.4, 0.5) is 0 Å². The molecule has 2 N–H and O–H groups in total. The first-order valence-electron chi connectivity index (χ1n) is 7.96. The normalized spacial score (nSPS) is 12.4. The van der Waals surface area contributed by atoms with E-state index in [1.807, 2.05) is 37.3 Å². The van der Waals surface area contributed by atoms with Crippen LogP contribution >= 0.6 is 11.6 Å². The first-order valence-corrected chi connectivity index (χ1v) is 8.34. The zero-order valence-corrected chi connectivity index (χ0v) is 15.4. The molecule has 1 atom stereocenters. The van der Waals surface area contributed by atoms with Crippen molar-refractivity contribution >= 4 is 17.6 Å². The summed E-state index contributed by atoms with van der Waals surface area (Å²) in [6, 6.07) is 11.2. The number of aromatic nitrogens is 1. The van der Waals surface area contributed by atoms with Crippen molar-refractivity contribution in [2.45, 2.75) is 19.6 Å².